The quantitative estimate of drug-likeness (QED) is 0.860. The van der Waals surface area contributed by atoms with Gasteiger partial charge >= 0.3 is 0 Å². The lowest BCUT2D eigenvalue weighted by Crippen LogP contribution is -2.35. The molecule has 0 spiro atoms. The minimum Gasteiger partial charge on any atom is -0.356 e. The van der Waals surface area contributed by atoms with E-state index in [1.807, 2.05) is 27.8 Å². The van der Waals surface area contributed by atoms with Crippen LogP contribution in [0.15, 0.2) is 24.4 Å². The largest absolute Gasteiger partial charge is 0.356 e. The fourth-order valence-corrected chi connectivity index (χ4v) is 4.41. The highest BCUT2D eigenvalue weighted by Gasteiger charge is 2.29. The summed E-state index contributed by atoms with van der Waals surface area (Å²) in [5.41, 5.74) is 3.74. The van der Waals surface area contributed by atoms with Gasteiger partial charge in [-0.25, -0.2) is 0 Å². The summed E-state index contributed by atoms with van der Waals surface area (Å²) in [7, 11) is 0. The Morgan fingerprint density at radius 2 is 2.14 bits per heavy atom. The number of aryl methyl sites for hydroxylation is 2. The lowest BCUT2D eigenvalue weighted by molar-refractivity contribution is -0.119. The summed E-state index contributed by atoms with van der Waals surface area (Å²) in [4.78, 5) is 26.6. The van der Waals surface area contributed by atoms with Crippen LogP contribution in [0.5, 0.6) is 0 Å². The van der Waals surface area contributed by atoms with E-state index < -0.39 is 0 Å². The summed E-state index contributed by atoms with van der Waals surface area (Å²) in [5.74, 6) is 0.317. The number of amides is 2. The molecule has 3 heterocycles. The summed E-state index contributed by atoms with van der Waals surface area (Å²) < 4.78 is 1.94. The summed E-state index contributed by atoms with van der Waals surface area (Å²) in [6.07, 6.45) is 6.36. The van der Waals surface area contributed by atoms with Gasteiger partial charge in [-0.05, 0) is 61.8 Å². The van der Waals surface area contributed by atoms with Gasteiger partial charge in [-0.1, -0.05) is 11.6 Å². The Bertz CT molecular complexity index is 908. The van der Waals surface area contributed by atoms with Crippen LogP contribution in [-0.2, 0) is 24.2 Å². The van der Waals surface area contributed by atoms with E-state index in [-0.39, 0.29) is 11.8 Å². The number of fused-ring (bicyclic) bond motifs is 2. The number of rotatable bonds is 3. The van der Waals surface area contributed by atoms with Crippen molar-refractivity contribution in [3.8, 4) is 0 Å². The monoisotopic (exact) mass is 400 g/mol. The van der Waals surface area contributed by atoms with Crippen LogP contribution >= 0.6 is 11.6 Å². The summed E-state index contributed by atoms with van der Waals surface area (Å²) in [5, 5.41) is 8.06. The third-order valence-electron chi connectivity index (χ3n) is 5.71. The molecule has 1 N–H and O–H groups in total. The zero-order valence-corrected chi connectivity index (χ0v) is 16.8. The molecule has 2 aromatic rings. The van der Waals surface area contributed by atoms with Crippen molar-refractivity contribution in [2.45, 2.75) is 45.6 Å². The van der Waals surface area contributed by atoms with E-state index in [0.717, 1.165) is 55.6 Å². The van der Waals surface area contributed by atoms with Crippen LogP contribution in [0.2, 0.25) is 5.02 Å². The molecule has 1 aromatic carbocycles. The van der Waals surface area contributed by atoms with E-state index in [2.05, 4.69) is 10.4 Å². The zero-order valence-electron chi connectivity index (χ0n) is 16.1. The molecule has 2 aliphatic heterocycles. The summed E-state index contributed by atoms with van der Waals surface area (Å²) in [6.45, 7) is 3.65. The molecule has 148 valence electrons. The van der Waals surface area contributed by atoms with Gasteiger partial charge in [0.15, 0.2) is 0 Å². The number of benzene rings is 1. The highest BCUT2D eigenvalue weighted by Crippen LogP contribution is 2.31. The van der Waals surface area contributed by atoms with E-state index in [1.54, 1.807) is 6.20 Å². The van der Waals surface area contributed by atoms with Crippen molar-refractivity contribution in [3.05, 3.63) is 46.2 Å². The number of nitrogens with zero attached hydrogens (tertiary/aromatic N) is 3. The molecule has 0 aliphatic carbocycles. The Kier molecular flexibility index (Phi) is 5.40. The van der Waals surface area contributed by atoms with E-state index in [1.165, 1.54) is 6.92 Å². The molecule has 1 aromatic heterocycles. The molecule has 4 rings (SSSR count). The first-order valence-electron chi connectivity index (χ1n) is 9.92. The van der Waals surface area contributed by atoms with Gasteiger partial charge in [0, 0.05) is 37.3 Å². The average Bonchev–Trinajstić information content (AvgIpc) is 2.98. The number of carbonyl (C=O) groups is 2. The van der Waals surface area contributed by atoms with Crippen molar-refractivity contribution in [2.75, 3.05) is 18.0 Å². The van der Waals surface area contributed by atoms with E-state index in [9.17, 15) is 9.59 Å². The summed E-state index contributed by atoms with van der Waals surface area (Å²) in [6, 6.07) is 5.78. The van der Waals surface area contributed by atoms with Crippen LogP contribution in [0.4, 0.5) is 5.69 Å². The molecule has 0 fully saturated rings. The number of carbonyl (C=O) groups excluding carboxylic acids is 2. The minimum absolute atomic E-state index is 0.00639. The van der Waals surface area contributed by atoms with Gasteiger partial charge in [0.05, 0.1) is 17.5 Å². The Morgan fingerprint density at radius 1 is 1.29 bits per heavy atom. The van der Waals surface area contributed by atoms with Crippen LogP contribution in [-0.4, -0.2) is 34.7 Å². The van der Waals surface area contributed by atoms with Crippen molar-refractivity contribution in [1.29, 1.82) is 0 Å². The Labute approximate surface area is 169 Å². The van der Waals surface area contributed by atoms with Crippen LogP contribution in [0.25, 0.3) is 0 Å². The standard InChI is InChI=1S/C21H25ClN4O2/c1-14(27)23-12-15-7-9-26-20(10-15)18(13-24-26)21(28)25-8-3-2-4-16-11-17(22)5-6-19(16)25/h5-6,11,13,15H,2-4,7-10,12H2,1H3,(H,23,27). The first kappa shape index (κ1) is 19.0. The van der Waals surface area contributed by atoms with Gasteiger partial charge in [-0.2, -0.15) is 5.10 Å². The van der Waals surface area contributed by atoms with Gasteiger partial charge in [0.25, 0.3) is 5.91 Å². The van der Waals surface area contributed by atoms with Gasteiger partial charge in [0.2, 0.25) is 5.91 Å². The molecule has 1 unspecified atom stereocenters. The van der Waals surface area contributed by atoms with Crippen LogP contribution in [0, 0.1) is 5.92 Å². The lowest BCUT2D eigenvalue weighted by Gasteiger charge is -2.26. The maximum Gasteiger partial charge on any atom is 0.261 e. The average molecular weight is 401 g/mol. The second-order valence-electron chi connectivity index (χ2n) is 7.71. The van der Waals surface area contributed by atoms with E-state index in [0.29, 0.717) is 29.6 Å². The van der Waals surface area contributed by atoms with Crippen LogP contribution < -0.4 is 10.2 Å². The fraction of sp³-hybridized carbons (Fsp3) is 0.476. The van der Waals surface area contributed by atoms with Crippen molar-refractivity contribution >= 4 is 29.1 Å². The van der Waals surface area contributed by atoms with Crippen molar-refractivity contribution in [2.24, 2.45) is 5.92 Å². The normalized spacial score (nSPS) is 18.8. The number of nitrogens with one attached hydrogen (secondary N) is 1. The molecule has 6 nitrogen and oxygen atoms in total. The van der Waals surface area contributed by atoms with E-state index in [4.69, 9.17) is 11.6 Å². The number of hydrogen-bond donors (Lipinski definition) is 1. The zero-order chi connectivity index (χ0) is 19.7. The van der Waals surface area contributed by atoms with Crippen LogP contribution in [0.1, 0.15) is 47.8 Å². The molecule has 28 heavy (non-hydrogen) atoms. The first-order chi connectivity index (χ1) is 13.5. The molecule has 2 amide bonds. The van der Waals surface area contributed by atoms with Gasteiger partial charge in [0.1, 0.15) is 0 Å². The number of hydrogen-bond acceptors (Lipinski definition) is 3. The third kappa shape index (κ3) is 3.78. The maximum atomic E-state index is 13.5. The molecule has 2 aliphatic rings. The molecule has 0 radical (unpaired) electrons. The second-order valence-corrected chi connectivity index (χ2v) is 8.15. The molecule has 0 bridgehead atoms. The molecule has 0 saturated carbocycles. The van der Waals surface area contributed by atoms with Gasteiger partial charge in [-0.15, -0.1) is 0 Å². The Hall–Kier alpha value is -2.34. The highest BCUT2D eigenvalue weighted by atomic mass is 35.5. The number of aromatic nitrogens is 2. The molecule has 0 saturated heterocycles. The fourth-order valence-electron chi connectivity index (χ4n) is 4.22. The second kappa shape index (κ2) is 7.95. The third-order valence-corrected chi connectivity index (χ3v) is 5.94. The molecular formula is C21H25ClN4O2. The number of halogens is 1. The molecular weight excluding hydrogens is 376 g/mol. The number of anilines is 1. The Balaban J connectivity index is 1.60. The predicted octanol–water partition coefficient (Wildman–Crippen LogP) is 3.22. The van der Waals surface area contributed by atoms with Gasteiger partial charge in [-0.3, -0.25) is 14.3 Å². The first-order valence-corrected chi connectivity index (χ1v) is 10.3. The SMILES string of the molecule is CC(=O)NCC1CCn2ncc(C(=O)N3CCCCc4cc(Cl)ccc43)c2C1. The maximum absolute atomic E-state index is 13.5. The highest BCUT2D eigenvalue weighted by molar-refractivity contribution is 6.30. The Morgan fingerprint density at radius 3 is 2.96 bits per heavy atom. The molecule has 1 atom stereocenters. The van der Waals surface area contributed by atoms with Crippen molar-refractivity contribution in [3.63, 3.8) is 0 Å². The topological polar surface area (TPSA) is 67.2 Å². The van der Waals surface area contributed by atoms with Crippen molar-refractivity contribution < 1.29 is 9.59 Å². The van der Waals surface area contributed by atoms with Crippen LogP contribution in [0.3, 0.4) is 0 Å². The molecule has 7 heteroatoms. The minimum atomic E-state index is -0.0183. The predicted molar refractivity (Wildman–Crippen MR) is 109 cm³/mol. The van der Waals surface area contributed by atoms with E-state index >= 15 is 0 Å². The smallest absolute Gasteiger partial charge is 0.261 e. The van der Waals surface area contributed by atoms with Gasteiger partial charge < -0.3 is 10.2 Å². The lowest BCUT2D eigenvalue weighted by atomic mass is 9.94. The van der Waals surface area contributed by atoms with Crippen molar-refractivity contribution in [1.82, 2.24) is 15.1 Å². The summed E-state index contributed by atoms with van der Waals surface area (Å²) >= 11 is 6.17.